The van der Waals surface area contributed by atoms with Crippen molar-refractivity contribution in [2.45, 2.75) is 19.3 Å². The molecule has 1 N–H and O–H groups in total. The first-order valence-corrected chi connectivity index (χ1v) is 8.61. The molecule has 2 unspecified atom stereocenters. The zero-order valence-electron chi connectivity index (χ0n) is 12.6. The number of nitrogens with one attached hydrogen (secondary N) is 1. The second-order valence-corrected chi connectivity index (χ2v) is 6.75. The van der Waals surface area contributed by atoms with E-state index in [1.165, 1.54) is 4.90 Å². The Labute approximate surface area is 136 Å². The number of rotatable bonds is 4. The van der Waals surface area contributed by atoms with Crippen molar-refractivity contribution in [1.29, 1.82) is 0 Å². The van der Waals surface area contributed by atoms with E-state index in [9.17, 15) is 18.0 Å². The lowest BCUT2D eigenvalue weighted by molar-refractivity contribution is -0.00471. The first-order chi connectivity index (χ1) is 11.2. The largest absolute Gasteiger partial charge is 0.439 e. The summed E-state index contributed by atoms with van der Waals surface area (Å²) < 4.78 is 36.5. The summed E-state index contributed by atoms with van der Waals surface area (Å²) >= 11 is 0. The molecular formula is C13H13N3O7S. The van der Waals surface area contributed by atoms with Crippen molar-refractivity contribution < 1.29 is 26.7 Å². The van der Waals surface area contributed by atoms with E-state index in [0.29, 0.717) is 11.3 Å². The number of carbonyl (C=O) groups is 1. The lowest BCUT2D eigenvalue weighted by atomic mass is 10.1. The summed E-state index contributed by atoms with van der Waals surface area (Å²) in [5.41, 5.74) is 1.05. The van der Waals surface area contributed by atoms with Crippen LogP contribution in [0.5, 0.6) is 0 Å². The van der Waals surface area contributed by atoms with Gasteiger partial charge in [0.25, 0.3) is 10.1 Å². The smallest absolute Gasteiger partial charge is 0.416 e. The number of amides is 1. The number of benzene rings is 1. The molecule has 2 aromatic rings. The van der Waals surface area contributed by atoms with Crippen LogP contribution in [0.2, 0.25) is 0 Å². The lowest BCUT2D eigenvalue weighted by Gasteiger charge is -2.20. The highest BCUT2D eigenvalue weighted by Crippen LogP contribution is 2.29. The molecule has 10 nitrogen and oxygen atoms in total. The Bertz CT molecular complexity index is 916. The average Bonchev–Trinajstić information content (AvgIpc) is 3.02. The van der Waals surface area contributed by atoms with Gasteiger partial charge in [-0.1, -0.05) is 5.16 Å². The highest BCUT2D eigenvalue weighted by Gasteiger charge is 2.42. The maximum atomic E-state index is 12.0. The minimum Gasteiger partial charge on any atom is -0.416 e. The van der Waals surface area contributed by atoms with Gasteiger partial charge < -0.3 is 4.74 Å². The molecule has 128 valence electrons. The fraction of sp³-hybridized carbons (Fsp3) is 0.308. The van der Waals surface area contributed by atoms with Crippen molar-refractivity contribution in [3.05, 3.63) is 34.8 Å². The third-order valence-corrected chi connectivity index (χ3v) is 3.88. The average molecular weight is 355 g/mol. The van der Waals surface area contributed by atoms with E-state index in [1.807, 2.05) is 0 Å². The molecule has 0 bridgehead atoms. The quantitative estimate of drug-likeness (QED) is 0.792. The van der Waals surface area contributed by atoms with Gasteiger partial charge in [-0.25, -0.2) is 13.8 Å². The van der Waals surface area contributed by atoms with E-state index in [4.69, 9.17) is 8.92 Å². The molecule has 1 fully saturated rings. The molecule has 1 amide bonds. The number of anilines is 1. The standard InChI is InChI=1S/C13H13N3O7S/c1-7-11(23-24(2,19)20)21-13(18)16(7)9-5-3-8(4-6-9)10-14-12(17)22-15-10/h3-7,11H,1-2H3,(H,14,15,17). The first-order valence-electron chi connectivity index (χ1n) is 6.79. The topological polar surface area (TPSA) is 132 Å². The van der Waals surface area contributed by atoms with Gasteiger partial charge in [-0.15, -0.1) is 0 Å². The van der Waals surface area contributed by atoms with Gasteiger partial charge in [0.05, 0.1) is 6.26 Å². The number of hydrogen-bond donors (Lipinski definition) is 1. The first kappa shape index (κ1) is 16.2. The van der Waals surface area contributed by atoms with Crippen molar-refractivity contribution >= 4 is 21.9 Å². The number of ether oxygens (including phenoxy) is 1. The second-order valence-electron chi connectivity index (χ2n) is 5.15. The van der Waals surface area contributed by atoms with Gasteiger partial charge in [0.1, 0.15) is 6.04 Å². The van der Waals surface area contributed by atoms with Crippen LogP contribution in [0, 0.1) is 0 Å². The van der Waals surface area contributed by atoms with Gasteiger partial charge in [-0.3, -0.25) is 14.4 Å². The molecule has 24 heavy (non-hydrogen) atoms. The minimum atomic E-state index is -3.77. The predicted octanol–water partition coefficient (Wildman–Crippen LogP) is 0.677. The maximum Gasteiger partial charge on any atom is 0.439 e. The number of hydrogen-bond acceptors (Lipinski definition) is 8. The van der Waals surface area contributed by atoms with Gasteiger partial charge in [0.2, 0.25) is 6.29 Å². The van der Waals surface area contributed by atoms with Crippen LogP contribution in [0.4, 0.5) is 10.5 Å². The summed E-state index contributed by atoms with van der Waals surface area (Å²) in [5.74, 6) is -0.423. The Balaban J connectivity index is 1.83. The molecule has 0 saturated carbocycles. The molecule has 1 aliphatic rings. The Morgan fingerprint density at radius 2 is 1.92 bits per heavy atom. The van der Waals surface area contributed by atoms with Gasteiger partial charge in [0, 0.05) is 11.3 Å². The van der Waals surface area contributed by atoms with E-state index < -0.39 is 34.3 Å². The second kappa shape index (κ2) is 5.76. The summed E-state index contributed by atoms with van der Waals surface area (Å²) in [6.45, 7) is 1.60. The Morgan fingerprint density at radius 3 is 2.46 bits per heavy atom. The zero-order valence-corrected chi connectivity index (χ0v) is 13.4. The molecule has 2 atom stereocenters. The number of aromatic nitrogens is 2. The lowest BCUT2D eigenvalue weighted by Crippen LogP contribution is -2.35. The summed E-state index contributed by atoms with van der Waals surface area (Å²) in [4.78, 5) is 26.6. The van der Waals surface area contributed by atoms with E-state index in [-0.39, 0.29) is 5.82 Å². The fourth-order valence-electron chi connectivity index (χ4n) is 2.29. The number of carbonyl (C=O) groups excluding carboxylic acids is 1. The highest BCUT2D eigenvalue weighted by molar-refractivity contribution is 7.86. The van der Waals surface area contributed by atoms with Crippen LogP contribution < -0.4 is 10.7 Å². The van der Waals surface area contributed by atoms with Crippen LogP contribution in [0.3, 0.4) is 0 Å². The van der Waals surface area contributed by atoms with Crippen LogP contribution in [-0.4, -0.2) is 43.2 Å². The summed E-state index contributed by atoms with van der Waals surface area (Å²) in [5, 5.41) is 3.56. The molecule has 0 spiro atoms. The summed E-state index contributed by atoms with van der Waals surface area (Å²) in [7, 11) is -3.77. The highest BCUT2D eigenvalue weighted by atomic mass is 32.2. The van der Waals surface area contributed by atoms with E-state index >= 15 is 0 Å². The number of nitrogens with zero attached hydrogens (tertiary/aromatic N) is 2. The van der Waals surface area contributed by atoms with Gasteiger partial charge in [-0.05, 0) is 31.2 Å². The third kappa shape index (κ3) is 3.16. The molecule has 3 rings (SSSR count). The van der Waals surface area contributed by atoms with Gasteiger partial charge in [0.15, 0.2) is 5.82 Å². The molecule has 0 aliphatic carbocycles. The third-order valence-electron chi connectivity index (χ3n) is 3.34. The molecule has 1 saturated heterocycles. The summed E-state index contributed by atoms with van der Waals surface area (Å²) in [6.07, 6.45) is -1.07. The Hall–Kier alpha value is -2.66. The minimum absolute atomic E-state index is 0.252. The number of cyclic esters (lactones) is 1. The van der Waals surface area contributed by atoms with Crippen LogP contribution in [-0.2, 0) is 19.0 Å². The molecule has 1 aliphatic heterocycles. The molecule has 0 radical (unpaired) electrons. The molecule has 1 aromatic heterocycles. The van der Waals surface area contributed by atoms with Gasteiger partial charge in [-0.2, -0.15) is 8.42 Å². The summed E-state index contributed by atoms with van der Waals surface area (Å²) in [6, 6.07) is 5.79. The Morgan fingerprint density at radius 1 is 1.25 bits per heavy atom. The van der Waals surface area contributed by atoms with Crippen LogP contribution in [0.15, 0.2) is 33.6 Å². The van der Waals surface area contributed by atoms with E-state index in [2.05, 4.69) is 14.7 Å². The molecule has 11 heteroatoms. The van der Waals surface area contributed by atoms with Crippen molar-refractivity contribution in [3.8, 4) is 11.4 Å². The molecular weight excluding hydrogens is 342 g/mol. The monoisotopic (exact) mass is 355 g/mol. The fourth-order valence-corrected chi connectivity index (χ4v) is 2.83. The van der Waals surface area contributed by atoms with Crippen molar-refractivity contribution in [2.75, 3.05) is 11.2 Å². The van der Waals surface area contributed by atoms with Crippen molar-refractivity contribution in [2.24, 2.45) is 0 Å². The maximum absolute atomic E-state index is 12.0. The van der Waals surface area contributed by atoms with Crippen LogP contribution in [0.1, 0.15) is 6.92 Å². The van der Waals surface area contributed by atoms with Crippen molar-refractivity contribution in [1.82, 2.24) is 10.1 Å². The Kier molecular flexibility index (Phi) is 3.89. The van der Waals surface area contributed by atoms with Crippen molar-refractivity contribution in [3.63, 3.8) is 0 Å². The van der Waals surface area contributed by atoms with Gasteiger partial charge >= 0.3 is 11.8 Å². The van der Waals surface area contributed by atoms with E-state index in [0.717, 1.165) is 6.26 Å². The van der Waals surface area contributed by atoms with E-state index in [1.54, 1.807) is 31.2 Å². The number of H-pyrrole nitrogens is 1. The SMILES string of the molecule is CC1C(OS(C)(=O)=O)OC(=O)N1c1ccc(-c2noc(=O)[nH]2)cc1. The molecule has 1 aromatic carbocycles. The zero-order chi connectivity index (χ0) is 17.5. The molecule has 2 heterocycles. The predicted molar refractivity (Wildman–Crippen MR) is 80.7 cm³/mol. The number of aromatic amines is 1. The van der Waals surface area contributed by atoms with Crippen LogP contribution in [0.25, 0.3) is 11.4 Å². The van der Waals surface area contributed by atoms with Crippen LogP contribution >= 0.6 is 0 Å². The normalized spacial score (nSPS) is 21.1.